The summed E-state index contributed by atoms with van der Waals surface area (Å²) in [7, 11) is 0. The highest BCUT2D eigenvalue weighted by Gasteiger charge is 1.96. The third-order valence-corrected chi connectivity index (χ3v) is 1.71. The highest BCUT2D eigenvalue weighted by atomic mass is 35.5. The van der Waals surface area contributed by atoms with E-state index in [9.17, 15) is 0 Å². The smallest absolute Gasteiger partial charge is 0.0601 e. The molecule has 0 saturated carbocycles. The van der Waals surface area contributed by atoms with Crippen LogP contribution in [0.3, 0.4) is 0 Å². The maximum Gasteiger partial charge on any atom is 0.0601 e. The van der Waals surface area contributed by atoms with E-state index in [1.807, 2.05) is 6.92 Å². The summed E-state index contributed by atoms with van der Waals surface area (Å²) in [5.41, 5.74) is 5.94. The first-order valence-electron chi connectivity index (χ1n) is 2.50. The van der Waals surface area contributed by atoms with Gasteiger partial charge in [0.15, 0.2) is 0 Å². The molecular formula is C6H9Cl2N. The van der Waals surface area contributed by atoms with E-state index in [0.29, 0.717) is 10.1 Å². The summed E-state index contributed by atoms with van der Waals surface area (Å²) in [6.07, 6.45) is 1.32. The van der Waals surface area contributed by atoms with Crippen molar-refractivity contribution < 1.29 is 0 Å². The van der Waals surface area contributed by atoms with Crippen LogP contribution >= 0.6 is 23.2 Å². The fourth-order valence-electron chi connectivity index (χ4n) is 0.290. The summed E-state index contributed by atoms with van der Waals surface area (Å²) in [5, 5.41) is 1.17. The Morgan fingerprint density at radius 3 is 1.89 bits per heavy atom. The van der Waals surface area contributed by atoms with E-state index in [0.717, 1.165) is 5.57 Å². The maximum atomic E-state index is 5.60. The monoisotopic (exact) mass is 165 g/mol. The van der Waals surface area contributed by atoms with E-state index in [4.69, 9.17) is 28.9 Å². The van der Waals surface area contributed by atoms with Gasteiger partial charge in [-0.1, -0.05) is 23.2 Å². The van der Waals surface area contributed by atoms with Crippen LogP contribution in [0, 0.1) is 0 Å². The van der Waals surface area contributed by atoms with E-state index < -0.39 is 0 Å². The minimum atomic E-state index is 0.502. The Bertz CT molecular complexity index is 154. The fraction of sp³-hybridized carbons (Fsp3) is 0.333. The van der Waals surface area contributed by atoms with Crippen molar-refractivity contribution in [2.45, 2.75) is 13.8 Å². The minimum absolute atomic E-state index is 0.502. The Kier molecular flexibility index (Phi) is 3.75. The number of hydrogen-bond donors (Lipinski definition) is 1. The summed E-state index contributed by atoms with van der Waals surface area (Å²) in [6.45, 7) is 3.58. The van der Waals surface area contributed by atoms with Crippen LogP contribution in [0.2, 0.25) is 0 Å². The summed E-state index contributed by atoms with van der Waals surface area (Å²) < 4.78 is 0. The largest absolute Gasteiger partial charge is 0.403 e. The summed E-state index contributed by atoms with van der Waals surface area (Å²) in [5.74, 6) is 0. The van der Waals surface area contributed by atoms with Gasteiger partial charge in [-0.05, 0) is 19.4 Å². The predicted octanol–water partition coefficient (Wildman–Crippen LogP) is 2.56. The first kappa shape index (κ1) is 8.86. The van der Waals surface area contributed by atoms with Crippen molar-refractivity contribution in [3.63, 3.8) is 0 Å². The molecule has 0 spiro atoms. The Hall–Kier alpha value is -0.140. The van der Waals surface area contributed by atoms with E-state index in [1.165, 1.54) is 6.20 Å². The van der Waals surface area contributed by atoms with Gasteiger partial charge in [0.1, 0.15) is 0 Å². The number of halogens is 2. The number of allylic oxidation sites excluding steroid dienone is 3. The van der Waals surface area contributed by atoms with Gasteiger partial charge >= 0.3 is 0 Å². The van der Waals surface area contributed by atoms with Crippen LogP contribution in [-0.2, 0) is 0 Å². The van der Waals surface area contributed by atoms with Crippen LogP contribution in [0.25, 0.3) is 0 Å². The van der Waals surface area contributed by atoms with Gasteiger partial charge in [-0.2, -0.15) is 0 Å². The molecule has 0 saturated heterocycles. The SMILES string of the molecule is C/C(Cl)=C(C)\C(Cl)=C/N. The van der Waals surface area contributed by atoms with Gasteiger partial charge in [0.2, 0.25) is 0 Å². The molecule has 0 radical (unpaired) electrons. The number of rotatable bonds is 1. The van der Waals surface area contributed by atoms with Gasteiger partial charge in [-0.3, -0.25) is 0 Å². The van der Waals surface area contributed by atoms with Crippen LogP contribution in [0.5, 0.6) is 0 Å². The molecule has 1 nitrogen and oxygen atoms in total. The Morgan fingerprint density at radius 2 is 1.78 bits per heavy atom. The van der Waals surface area contributed by atoms with Gasteiger partial charge in [0, 0.05) is 11.2 Å². The zero-order valence-corrected chi connectivity index (χ0v) is 6.92. The predicted molar refractivity (Wildman–Crippen MR) is 42.4 cm³/mol. The van der Waals surface area contributed by atoms with E-state index in [2.05, 4.69) is 0 Å². The standard InChI is InChI=1S/C6H9Cl2N/c1-4(5(2)7)6(8)3-9/h3H,9H2,1-2H3/b5-4+,6-3+. The van der Waals surface area contributed by atoms with Crippen molar-refractivity contribution in [3.8, 4) is 0 Å². The molecule has 0 aromatic rings. The molecule has 0 heterocycles. The highest BCUT2D eigenvalue weighted by molar-refractivity contribution is 6.35. The Labute approximate surface area is 65.1 Å². The van der Waals surface area contributed by atoms with Crippen LogP contribution < -0.4 is 5.73 Å². The van der Waals surface area contributed by atoms with E-state index in [-0.39, 0.29) is 0 Å². The van der Waals surface area contributed by atoms with Crippen LogP contribution in [0.1, 0.15) is 13.8 Å². The van der Waals surface area contributed by atoms with Gasteiger partial charge in [-0.15, -0.1) is 0 Å². The second-order valence-corrected chi connectivity index (χ2v) is 2.65. The molecule has 52 valence electrons. The molecule has 0 aromatic carbocycles. The fourth-order valence-corrected chi connectivity index (χ4v) is 0.581. The quantitative estimate of drug-likeness (QED) is 0.595. The zero-order valence-electron chi connectivity index (χ0n) is 5.41. The van der Waals surface area contributed by atoms with Gasteiger partial charge in [0.05, 0.1) is 5.03 Å². The number of nitrogens with two attached hydrogens (primary N) is 1. The van der Waals surface area contributed by atoms with Gasteiger partial charge in [-0.25, -0.2) is 0 Å². The third kappa shape index (κ3) is 2.78. The van der Waals surface area contributed by atoms with E-state index >= 15 is 0 Å². The molecule has 0 fully saturated rings. The summed E-state index contributed by atoms with van der Waals surface area (Å²) in [6, 6.07) is 0. The van der Waals surface area contributed by atoms with Crippen molar-refractivity contribution in [1.82, 2.24) is 0 Å². The second kappa shape index (κ2) is 3.80. The first-order chi connectivity index (χ1) is 4.09. The molecule has 0 bridgehead atoms. The Balaban J connectivity index is 4.40. The topological polar surface area (TPSA) is 26.0 Å². The van der Waals surface area contributed by atoms with Crippen LogP contribution in [0.4, 0.5) is 0 Å². The lowest BCUT2D eigenvalue weighted by molar-refractivity contribution is 1.39. The normalized spacial score (nSPS) is 15.3. The lowest BCUT2D eigenvalue weighted by Gasteiger charge is -1.96. The van der Waals surface area contributed by atoms with E-state index in [1.54, 1.807) is 6.92 Å². The van der Waals surface area contributed by atoms with Crippen molar-refractivity contribution in [2.24, 2.45) is 5.73 Å². The average Bonchev–Trinajstić information content (AvgIpc) is 1.84. The summed E-state index contributed by atoms with van der Waals surface area (Å²) in [4.78, 5) is 0. The molecule has 0 rings (SSSR count). The molecule has 0 amide bonds. The van der Waals surface area contributed by atoms with Crippen LogP contribution in [-0.4, -0.2) is 0 Å². The molecule has 0 aliphatic rings. The molecule has 2 N–H and O–H groups in total. The zero-order chi connectivity index (χ0) is 7.44. The molecule has 0 aliphatic carbocycles. The molecule has 0 atom stereocenters. The second-order valence-electron chi connectivity index (χ2n) is 1.67. The van der Waals surface area contributed by atoms with Crippen molar-refractivity contribution in [3.05, 3.63) is 21.8 Å². The molecular weight excluding hydrogens is 157 g/mol. The average molecular weight is 166 g/mol. The van der Waals surface area contributed by atoms with Crippen LogP contribution in [0.15, 0.2) is 21.8 Å². The van der Waals surface area contributed by atoms with Gasteiger partial charge < -0.3 is 5.73 Å². The van der Waals surface area contributed by atoms with Gasteiger partial charge in [0.25, 0.3) is 0 Å². The minimum Gasteiger partial charge on any atom is -0.403 e. The number of hydrogen-bond acceptors (Lipinski definition) is 1. The van der Waals surface area contributed by atoms with Crippen molar-refractivity contribution >= 4 is 23.2 Å². The lowest BCUT2D eigenvalue weighted by atomic mass is 10.3. The van der Waals surface area contributed by atoms with Crippen molar-refractivity contribution in [1.29, 1.82) is 0 Å². The molecule has 9 heavy (non-hydrogen) atoms. The highest BCUT2D eigenvalue weighted by Crippen LogP contribution is 2.18. The third-order valence-electron chi connectivity index (χ3n) is 1.02. The molecule has 3 heteroatoms. The molecule has 0 unspecified atom stereocenters. The summed E-state index contributed by atoms with van der Waals surface area (Å²) >= 11 is 11.2. The molecule has 0 aliphatic heterocycles. The molecule has 0 aromatic heterocycles. The lowest BCUT2D eigenvalue weighted by Crippen LogP contribution is -1.84. The van der Waals surface area contributed by atoms with Crippen molar-refractivity contribution in [2.75, 3.05) is 0 Å². The first-order valence-corrected chi connectivity index (χ1v) is 3.26. The Morgan fingerprint density at radius 1 is 1.33 bits per heavy atom. The maximum absolute atomic E-state index is 5.60.